The van der Waals surface area contributed by atoms with Crippen molar-refractivity contribution in [2.75, 3.05) is 5.75 Å². The molecule has 0 bridgehead atoms. The lowest BCUT2D eigenvalue weighted by molar-refractivity contribution is 1.17. The quantitative estimate of drug-likeness (QED) is 0.436. The predicted molar refractivity (Wildman–Crippen MR) is 42.8 cm³/mol. The zero-order valence-corrected chi connectivity index (χ0v) is 6.18. The van der Waals surface area contributed by atoms with Gasteiger partial charge in [-0.05, 0) is 5.92 Å². The van der Waals surface area contributed by atoms with E-state index in [1.165, 1.54) is 0 Å². The second-order valence-corrected chi connectivity index (χ2v) is 1.87. The SMILES string of the molecule is SCC#Cc1cnccn1. The van der Waals surface area contributed by atoms with Crippen LogP contribution in [-0.2, 0) is 0 Å². The van der Waals surface area contributed by atoms with Gasteiger partial charge in [0, 0.05) is 12.4 Å². The van der Waals surface area contributed by atoms with Crippen LogP contribution in [0.5, 0.6) is 0 Å². The maximum Gasteiger partial charge on any atom is 0.131 e. The fourth-order valence-corrected chi connectivity index (χ4v) is 0.573. The first-order valence-electron chi connectivity index (χ1n) is 2.79. The Morgan fingerprint density at radius 1 is 1.50 bits per heavy atom. The van der Waals surface area contributed by atoms with E-state index in [0.29, 0.717) is 11.4 Å². The summed E-state index contributed by atoms with van der Waals surface area (Å²) in [7, 11) is 0. The molecule has 1 aromatic rings. The van der Waals surface area contributed by atoms with Crippen LogP contribution >= 0.6 is 12.6 Å². The third-order valence-electron chi connectivity index (χ3n) is 0.859. The highest BCUT2D eigenvalue weighted by molar-refractivity contribution is 7.80. The van der Waals surface area contributed by atoms with Gasteiger partial charge in [-0.1, -0.05) is 5.92 Å². The fraction of sp³-hybridized carbons (Fsp3) is 0.143. The maximum atomic E-state index is 3.95. The number of nitrogens with zero attached hydrogens (tertiary/aromatic N) is 2. The topological polar surface area (TPSA) is 25.8 Å². The minimum atomic E-state index is 0.552. The van der Waals surface area contributed by atoms with Crippen molar-refractivity contribution in [1.82, 2.24) is 9.97 Å². The number of aromatic nitrogens is 2. The molecule has 0 aliphatic carbocycles. The first kappa shape index (κ1) is 7.10. The molecule has 0 aliphatic heterocycles. The van der Waals surface area contributed by atoms with Gasteiger partial charge >= 0.3 is 0 Å². The Labute approximate surface area is 65.1 Å². The second-order valence-electron chi connectivity index (χ2n) is 1.55. The molecule has 50 valence electrons. The summed E-state index contributed by atoms with van der Waals surface area (Å²) in [4.78, 5) is 7.79. The lowest BCUT2D eigenvalue weighted by Crippen LogP contribution is -1.81. The molecule has 0 aromatic carbocycles. The van der Waals surface area contributed by atoms with Crippen molar-refractivity contribution < 1.29 is 0 Å². The molecule has 1 aromatic heterocycles. The summed E-state index contributed by atoms with van der Waals surface area (Å²) in [6.07, 6.45) is 4.85. The van der Waals surface area contributed by atoms with E-state index in [1.807, 2.05) is 0 Å². The van der Waals surface area contributed by atoms with Crippen molar-refractivity contribution in [2.45, 2.75) is 0 Å². The van der Waals surface area contributed by atoms with Crippen molar-refractivity contribution in [3.05, 3.63) is 24.3 Å². The largest absolute Gasteiger partial charge is 0.260 e. The summed E-state index contributed by atoms with van der Waals surface area (Å²) in [6, 6.07) is 0. The minimum Gasteiger partial charge on any atom is -0.260 e. The van der Waals surface area contributed by atoms with Crippen LogP contribution in [0.15, 0.2) is 18.6 Å². The number of thiol groups is 1. The van der Waals surface area contributed by atoms with Gasteiger partial charge in [0.15, 0.2) is 0 Å². The summed E-state index contributed by atoms with van der Waals surface area (Å²) < 4.78 is 0. The molecular weight excluding hydrogens is 144 g/mol. The Morgan fingerprint density at radius 3 is 3.00 bits per heavy atom. The zero-order chi connectivity index (χ0) is 7.23. The van der Waals surface area contributed by atoms with Crippen molar-refractivity contribution in [2.24, 2.45) is 0 Å². The maximum absolute atomic E-state index is 3.95. The number of rotatable bonds is 0. The fourth-order valence-electron chi connectivity index (χ4n) is 0.494. The highest BCUT2D eigenvalue weighted by atomic mass is 32.1. The van der Waals surface area contributed by atoms with Crippen molar-refractivity contribution >= 4 is 12.6 Å². The smallest absolute Gasteiger partial charge is 0.131 e. The van der Waals surface area contributed by atoms with Crippen LogP contribution in [0.2, 0.25) is 0 Å². The second kappa shape index (κ2) is 3.91. The lowest BCUT2D eigenvalue weighted by Gasteiger charge is -1.83. The molecule has 0 atom stereocenters. The Morgan fingerprint density at radius 2 is 2.40 bits per heavy atom. The van der Waals surface area contributed by atoms with E-state index in [2.05, 4.69) is 34.4 Å². The van der Waals surface area contributed by atoms with Crippen LogP contribution in [0.25, 0.3) is 0 Å². The Kier molecular flexibility index (Phi) is 2.78. The molecule has 10 heavy (non-hydrogen) atoms. The number of hydrogen-bond acceptors (Lipinski definition) is 3. The molecular formula is C7H6N2S. The van der Waals surface area contributed by atoms with Gasteiger partial charge in [0.2, 0.25) is 0 Å². The van der Waals surface area contributed by atoms with E-state index < -0.39 is 0 Å². The summed E-state index contributed by atoms with van der Waals surface area (Å²) >= 11 is 3.93. The molecule has 0 saturated carbocycles. The van der Waals surface area contributed by atoms with Gasteiger partial charge in [0.25, 0.3) is 0 Å². The van der Waals surface area contributed by atoms with Gasteiger partial charge in [-0.25, -0.2) is 4.98 Å². The standard InChI is InChI=1S/C7H6N2S/c10-5-1-2-7-6-8-3-4-9-7/h3-4,6,10H,5H2. The highest BCUT2D eigenvalue weighted by Gasteiger charge is 1.81. The van der Waals surface area contributed by atoms with Crippen LogP contribution < -0.4 is 0 Å². The predicted octanol–water partition coefficient (Wildman–Crippen LogP) is 0.758. The average molecular weight is 150 g/mol. The van der Waals surface area contributed by atoms with Crippen molar-refractivity contribution in [1.29, 1.82) is 0 Å². The molecule has 1 heterocycles. The van der Waals surface area contributed by atoms with E-state index in [1.54, 1.807) is 18.6 Å². The monoisotopic (exact) mass is 150 g/mol. The van der Waals surface area contributed by atoms with Crippen LogP contribution in [0.4, 0.5) is 0 Å². The summed E-state index contributed by atoms with van der Waals surface area (Å²) in [6.45, 7) is 0. The van der Waals surface area contributed by atoms with Crippen LogP contribution in [0, 0.1) is 11.8 Å². The summed E-state index contributed by atoms with van der Waals surface area (Å²) in [5, 5.41) is 0. The minimum absolute atomic E-state index is 0.552. The third kappa shape index (κ3) is 2.08. The van der Waals surface area contributed by atoms with Crippen LogP contribution in [0.1, 0.15) is 5.69 Å². The van der Waals surface area contributed by atoms with Crippen LogP contribution in [-0.4, -0.2) is 15.7 Å². The summed E-state index contributed by atoms with van der Waals surface area (Å²) in [5.41, 5.74) is 0.691. The van der Waals surface area contributed by atoms with E-state index >= 15 is 0 Å². The van der Waals surface area contributed by atoms with Gasteiger partial charge in [-0.2, -0.15) is 12.6 Å². The van der Waals surface area contributed by atoms with E-state index in [4.69, 9.17) is 0 Å². The Hall–Kier alpha value is -1.01. The molecule has 0 radical (unpaired) electrons. The molecule has 0 aliphatic rings. The van der Waals surface area contributed by atoms with Crippen LogP contribution in [0.3, 0.4) is 0 Å². The molecule has 0 unspecified atom stereocenters. The molecule has 0 saturated heterocycles. The van der Waals surface area contributed by atoms with Gasteiger partial charge < -0.3 is 0 Å². The van der Waals surface area contributed by atoms with Crippen molar-refractivity contribution in [3.8, 4) is 11.8 Å². The molecule has 1 rings (SSSR count). The van der Waals surface area contributed by atoms with E-state index in [9.17, 15) is 0 Å². The molecule has 2 nitrogen and oxygen atoms in total. The Bertz CT molecular complexity index is 247. The highest BCUT2D eigenvalue weighted by Crippen LogP contribution is 1.84. The Balaban J connectivity index is 2.76. The molecule has 0 spiro atoms. The average Bonchev–Trinajstić information content (AvgIpc) is 2.03. The van der Waals surface area contributed by atoms with Gasteiger partial charge in [0.1, 0.15) is 5.69 Å². The molecule has 0 fully saturated rings. The van der Waals surface area contributed by atoms with Gasteiger partial charge in [-0.15, -0.1) is 0 Å². The first-order chi connectivity index (χ1) is 4.93. The summed E-state index contributed by atoms with van der Waals surface area (Å²) in [5.74, 6) is 6.12. The molecule has 0 amide bonds. The zero-order valence-electron chi connectivity index (χ0n) is 5.28. The molecule has 0 N–H and O–H groups in total. The van der Waals surface area contributed by atoms with E-state index in [0.717, 1.165) is 0 Å². The number of hydrogen-bond donors (Lipinski definition) is 1. The first-order valence-corrected chi connectivity index (χ1v) is 3.42. The normalized spacial score (nSPS) is 8.10. The molecule has 3 heteroatoms. The van der Waals surface area contributed by atoms with Gasteiger partial charge in [-0.3, -0.25) is 4.98 Å². The third-order valence-corrected chi connectivity index (χ3v) is 1.02. The van der Waals surface area contributed by atoms with E-state index in [-0.39, 0.29) is 0 Å². The van der Waals surface area contributed by atoms with Crippen molar-refractivity contribution in [3.63, 3.8) is 0 Å². The lowest BCUT2D eigenvalue weighted by atomic mass is 10.4. The van der Waals surface area contributed by atoms with Gasteiger partial charge in [0.05, 0.1) is 11.9 Å².